The van der Waals surface area contributed by atoms with Crippen molar-refractivity contribution >= 4 is 23.3 Å². The van der Waals surface area contributed by atoms with Crippen LogP contribution in [-0.4, -0.2) is 38.8 Å². The van der Waals surface area contributed by atoms with Crippen LogP contribution in [0.1, 0.15) is 29.1 Å². The Morgan fingerprint density at radius 1 is 1.19 bits per heavy atom. The number of amidine groups is 1. The zero-order valence-electron chi connectivity index (χ0n) is 15.4. The molecule has 1 aromatic carbocycles. The Morgan fingerprint density at radius 3 is 2.58 bits per heavy atom. The van der Waals surface area contributed by atoms with Gasteiger partial charge in [0, 0.05) is 6.54 Å². The molecule has 1 aromatic heterocycles. The van der Waals surface area contributed by atoms with E-state index in [1.807, 2.05) is 43.5 Å². The minimum absolute atomic E-state index is 0.0848. The molecule has 0 radical (unpaired) electrons. The van der Waals surface area contributed by atoms with Gasteiger partial charge >= 0.3 is 0 Å². The standard InChI is InChI=1S/C19H24N2O4S/c1-13(2)25-19(21-18(22)17-6-5-11-26-17)20-10-9-14-7-8-15(23-3)16(12-14)24-4/h5-8,11-13H,9-10H2,1-4H3,(H,20,21,22). The molecule has 0 bridgehead atoms. The Bertz CT molecular complexity index is 742. The van der Waals surface area contributed by atoms with E-state index in [1.54, 1.807) is 20.3 Å². The molecule has 140 valence electrons. The van der Waals surface area contributed by atoms with Crippen molar-refractivity contribution in [1.29, 1.82) is 0 Å². The fourth-order valence-corrected chi connectivity index (χ4v) is 2.84. The summed E-state index contributed by atoms with van der Waals surface area (Å²) in [5.41, 5.74) is 1.06. The number of hydrogen-bond donors (Lipinski definition) is 1. The van der Waals surface area contributed by atoms with Gasteiger partial charge in [-0.1, -0.05) is 12.1 Å². The third-order valence-corrected chi connectivity index (χ3v) is 4.29. The van der Waals surface area contributed by atoms with E-state index in [4.69, 9.17) is 14.2 Å². The summed E-state index contributed by atoms with van der Waals surface area (Å²) in [7, 11) is 3.21. The molecule has 1 heterocycles. The van der Waals surface area contributed by atoms with Crippen LogP contribution >= 0.6 is 11.3 Å². The van der Waals surface area contributed by atoms with Crippen molar-refractivity contribution in [2.45, 2.75) is 26.4 Å². The van der Waals surface area contributed by atoms with Crippen molar-refractivity contribution in [3.05, 3.63) is 46.2 Å². The van der Waals surface area contributed by atoms with Crippen LogP contribution in [0.5, 0.6) is 11.5 Å². The zero-order valence-corrected chi connectivity index (χ0v) is 16.3. The SMILES string of the molecule is COc1ccc(CCN=C(NC(=O)c2cccs2)OC(C)C)cc1OC. The van der Waals surface area contributed by atoms with Gasteiger partial charge in [0.2, 0.25) is 0 Å². The third-order valence-electron chi connectivity index (χ3n) is 3.42. The maximum Gasteiger partial charge on any atom is 0.291 e. The van der Waals surface area contributed by atoms with E-state index >= 15 is 0 Å². The van der Waals surface area contributed by atoms with Crippen molar-refractivity contribution in [3.63, 3.8) is 0 Å². The summed E-state index contributed by atoms with van der Waals surface area (Å²) in [5, 5.41) is 4.59. The Labute approximate surface area is 157 Å². The first-order valence-corrected chi connectivity index (χ1v) is 9.18. The van der Waals surface area contributed by atoms with Gasteiger partial charge in [0.25, 0.3) is 11.9 Å². The Kier molecular flexibility index (Phi) is 7.47. The second-order valence-corrected chi connectivity index (χ2v) is 6.67. The molecule has 26 heavy (non-hydrogen) atoms. The fourth-order valence-electron chi connectivity index (χ4n) is 2.22. The highest BCUT2D eigenvalue weighted by Crippen LogP contribution is 2.27. The zero-order chi connectivity index (χ0) is 18.9. The predicted molar refractivity (Wildman–Crippen MR) is 104 cm³/mol. The molecule has 7 heteroatoms. The first-order chi connectivity index (χ1) is 12.5. The molecule has 0 aliphatic heterocycles. The normalized spacial score (nSPS) is 11.3. The highest BCUT2D eigenvalue weighted by atomic mass is 32.1. The lowest BCUT2D eigenvalue weighted by molar-refractivity contribution is 0.0963. The van der Waals surface area contributed by atoms with Gasteiger partial charge in [-0.2, -0.15) is 0 Å². The molecule has 0 fully saturated rings. The summed E-state index contributed by atoms with van der Waals surface area (Å²) < 4.78 is 16.2. The van der Waals surface area contributed by atoms with E-state index in [9.17, 15) is 4.79 Å². The van der Waals surface area contributed by atoms with Crippen LogP contribution in [0.2, 0.25) is 0 Å². The van der Waals surface area contributed by atoms with Crippen molar-refractivity contribution in [2.24, 2.45) is 4.99 Å². The molecule has 0 saturated carbocycles. The summed E-state index contributed by atoms with van der Waals surface area (Å²) in [5.74, 6) is 1.15. The van der Waals surface area contributed by atoms with Crippen LogP contribution in [0.15, 0.2) is 40.7 Å². The van der Waals surface area contributed by atoms with E-state index < -0.39 is 0 Å². The second-order valence-electron chi connectivity index (χ2n) is 5.72. The summed E-state index contributed by atoms with van der Waals surface area (Å²) in [4.78, 5) is 17.2. The van der Waals surface area contributed by atoms with Gasteiger partial charge in [0.1, 0.15) is 0 Å². The number of benzene rings is 1. The summed E-state index contributed by atoms with van der Waals surface area (Å²) in [6.07, 6.45) is 0.596. The molecule has 0 spiro atoms. The van der Waals surface area contributed by atoms with E-state index in [2.05, 4.69) is 10.3 Å². The quantitative estimate of drug-likeness (QED) is 0.593. The smallest absolute Gasteiger partial charge is 0.291 e. The number of rotatable bonds is 7. The predicted octanol–water partition coefficient (Wildman–Crippen LogP) is 3.52. The fraction of sp³-hybridized carbons (Fsp3) is 0.368. The van der Waals surface area contributed by atoms with Gasteiger partial charge in [-0.05, 0) is 49.4 Å². The lowest BCUT2D eigenvalue weighted by atomic mass is 10.1. The molecule has 2 rings (SSSR count). The van der Waals surface area contributed by atoms with Crippen LogP contribution < -0.4 is 14.8 Å². The van der Waals surface area contributed by atoms with E-state index in [1.165, 1.54) is 11.3 Å². The number of nitrogens with one attached hydrogen (secondary N) is 1. The third kappa shape index (κ3) is 5.77. The number of carbonyl (C=O) groups excluding carboxylic acids is 1. The van der Waals surface area contributed by atoms with Crippen molar-refractivity contribution < 1.29 is 19.0 Å². The lowest BCUT2D eigenvalue weighted by Crippen LogP contribution is -2.34. The highest BCUT2D eigenvalue weighted by Gasteiger charge is 2.12. The van der Waals surface area contributed by atoms with Gasteiger partial charge in [-0.3, -0.25) is 10.1 Å². The first kappa shape index (κ1) is 19.8. The maximum absolute atomic E-state index is 12.2. The minimum atomic E-state index is -0.217. The van der Waals surface area contributed by atoms with Crippen LogP contribution in [0.4, 0.5) is 0 Å². The van der Waals surface area contributed by atoms with E-state index in [-0.39, 0.29) is 18.0 Å². The van der Waals surface area contributed by atoms with Crippen LogP contribution in [0.3, 0.4) is 0 Å². The van der Waals surface area contributed by atoms with Gasteiger partial charge < -0.3 is 14.2 Å². The van der Waals surface area contributed by atoms with Gasteiger partial charge in [-0.15, -0.1) is 11.3 Å². The average molecular weight is 376 g/mol. The van der Waals surface area contributed by atoms with Crippen LogP contribution in [0.25, 0.3) is 0 Å². The molecule has 0 atom stereocenters. The van der Waals surface area contributed by atoms with Crippen LogP contribution in [0, 0.1) is 0 Å². The number of thiophene rings is 1. The number of ether oxygens (including phenoxy) is 3. The molecule has 2 aromatic rings. The molecular formula is C19H24N2O4S. The molecule has 0 unspecified atom stereocenters. The molecule has 1 amide bonds. The van der Waals surface area contributed by atoms with Gasteiger partial charge in [0.15, 0.2) is 11.5 Å². The van der Waals surface area contributed by atoms with E-state index in [0.29, 0.717) is 29.3 Å². The average Bonchev–Trinajstić information content (AvgIpc) is 3.15. The summed E-state index contributed by atoms with van der Waals surface area (Å²) in [6.45, 7) is 4.25. The Balaban J connectivity index is 2.02. The van der Waals surface area contributed by atoms with Crippen molar-refractivity contribution in [3.8, 4) is 11.5 Å². The number of hydrogen-bond acceptors (Lipinski definition) is 6. The van der Waals surface area contributed by atoms with E-state index in [0.717, 1.165) is 5.56 Å². The Hall–Kier alpha value is -2.54. The van der Waals surface area contributed by atoms with Gasteiger partial charge in [-0.25, -0.2) is 4.99 Å². The van der Waals surface area contributed by atoms with Crippen molar-refractivity contribution in [2.75, 3.05) is 20.8 Å². The molecule has 1 N–H and O–H groups in total. The number of aliphatic imine (C=N–C) groups is 1. The summed E-state index contributed by atoms with van der Waals surface area (Å²) in [6, 6.07) is 9.57. The highest BCUT2D eigenvalue weighted by molar-refractivity contribution is 7.12. The monoisotopic (exact) mass is 376 g/mol. The molecule has 0 aliphatic carbocycles. The number of methoxy groups -OCH3 is 2. The number of carbonyl (C=O) groups is 1. The molecule has 0 saturated heterocycles. The lowest BCUT2D eigenvalue weighted by Gasteiger charge is -2.13. The topological polar surface area (TPSA) is 69.2 Å². The molecule has 6 nitrogen and oxygen atoms in total. The van der Waals surface area contributed by atoms with Gasteiger partial charge in [0.05, 0.1) is 25.2 Å². The number of amides is 1. The number of nitrogens with zero attached hydrogens (tertiary/aromatic N) is 1. The van der Waals surface area contributed by atoms with Crippen molar-refractivity contribution in [1.82, 2.24) is 5.32 Å². The second kappa shape index (κ2) is 9.82. The largest absolute Gasteiger partial charge is 0.493 e. The minimum Gasteiger partial charge on any atom is -0.493 e. The summed E-state index contributed by atoms with van der Waals surface area (Å²) >= 11 is 1.37. The molecule has 0 aliphatic rings. The Morgan fingerprint density at radius 2 is 1.96 bits per heavy atom. The maximum atomic E-state index is 12.2. The molecular weight excluding hydrogens is 352 g/mol. The first-order valence-electron chi connectivity index (χ1n) is 8.30. The van der Waals surface area contributed by atoms with Crippen LogP contribution in [-0.2, 0) is 11.2 Å².